The quantitative estimate of drug-likeness (QED) is 0.789. The van der Waals surface area contributed by atoms with Gasteiger partial charge in [0.05, 0.1) is 12.8 Å². The number of aromatic nitrogens is 3. The highest BCUT2D eigenvalue weighted by molar-refractivity contribution is 6.04. The van der Waals surface area contributed by atoms with E-state index in [0.29, 0.717) is 17.0 Å². The van der Waals surface area contributed by atoms with Gasteiger partial charge >= 0.3 is 0 Å². The summed E-state index contributed by atoms with van der Waals surface area (Å²) >= 11 is 0. The maximum Gasteiger partial charge on any atom is 0.268 e. The van der Waals surface area contributed by atoms with Gasteiger partial charge in [-0.3, -0.25) is 14.2 Å². The van der Waals surface area contributed by atoms with Gasteiger partial charge in [0, 0.05) is 12.4 Å². The third-order valence-corrected chi connectivity index (χ3v) is 3.69. The molecule has 0 unspecified atom stereocenters. The smallest absolute Gasteiger partial charge is 0.268 e. The van der Waals surface area contributed by atoms with Gasteiger partial charge in [-0.2, -0.15) is 5.10 Å². The fourth-order valence-corrected chi connectivity index (χ4v) is 2.47. The van der Waals surface area contributed by atoms with Crippen LogP contribution >= 0.6 is 0 Å². The van der Waals surface area contributed by atoms with Gasteiger partial charge in [-0.1, -0.05) is 12.1 Å². The van der Waals surface area contributed by atoms with Crippen LogP contribution in [-0.4, -0.2) is 27.8 Å². The molecule has 1 aromatic carbocycles. The number of nitrogens with zero attached hydrogens (tertiary/aromatic N) is 3. The fraction of sp³-hybridized carbons (Fsp3) is 0.111. The van der Waals surface area contributed by atoms with Gasteiger partial charge < -0.3 is 10.1 Å². The summed E-state index contributed by atoms with van der Waals surface area (Å²) in [6.45, 7) is 1.71. The first-order valence-electron chi connectivity index (χ1n) is 7.56. The third kappa shape index (κ3) is 3.25. The summed E-state index contributed by atoms with van der Waals surface area (Å²) in [5.41, 5.74) is 0.728. The number of pyridine rings is 1. The van der Waals surface area contributed by atoms with Crippen LogP contribution in [0.25, 0.3) is 5.69 Å². The number of nitrogens with one attached hydrogen (secondary N) is 1. The second kappa shape index (κ2) is 6.96. The van der Waals surface area contributed by atoms with Crippen LogP contribution < -0.4 is 15.6 Å². The van der Waals surface area contributed by atoms with Crippen molar-refractivity contribution < 1.29 is 9.53 Å². The van der Waals surface area contributed by atoms with E-state index in [2.05, 4.69) is 15.5 Å². The van der Waals surface area contributed by atoms with Crippen molar-refractivity contribution in [3.8, 4) is 11.4 Å². The molecule has 0 atom stereocenters. The number of hydrogen-bond acceptors (Lipinski definition) is 5. The van der Waals surface area contributed by atoms with E-state index in [1.54, 1.807) is 49.5 Å². The van der Waals surface area contributed by atoms with Crippen molar-refractivity contribution in [3.05, 3.63) is 76.3 Å². The molecule has 2 aromatic heterocycles. The van der Waals surface area contributed by atoms with Gasteiger partial charge in [-0.05, 0) is 42.8 Å². The molecule has 1 N–H and O–H groups in total. The van der Waals surface area contributed by atoms with E-state index in [0.717, 1.165) is 0 Å². The van der Waals surface area contributed by atoms with Crippen LogP contribution in [0.1, 0.15) is 15.9 Å². The Labute approximate surface area is 143 Å². The summed E-state index contributed by atoms with van der Waals surface area (Å²) in [5, 5.41) is 10.1. The fourth-order valence-electron chi connectivity index (χ4n) is 2.47. The van der Waals surface area contributed by atoms with Gasteiger partial charge in [0.1, 0.15) is 11.3 Å². The number of carbonyl (C=O) groups is 1. The van der Waals surface area contributed by atoms with Crippen molar-refractivity contribution in [3.63, 3.8) is 0 Å². The summed E-state index contributed by atoms with van der Waals surface area (Å²) in [6.07, 6.45) is 3.12. The minimum atomic E-state index is -0.535. The first-order chi connectivity index (χ1) is 12.1. The minimum Gasteiger partial charge on any atom is -0.495 e. The van der Waals surface area contributed by atoms with Crippen molar-refractivity contribution in [2.24, 2.45) is 0 Å². The SMILES string of the molecule is COc1ccccc1-n1ccc(C)c(C(=O)Nc2cccnn2)c1=O. The van der Waals surface area contributed by atoms with E-state index in [1.807, 2.05) is 6.07 Å². The molecular weight excluding hydrogens is 320 g/mol. The maximum absolute atomic E-state index is 12.9. The van der Waals surface area contributed by atoms with Gasteiger partial charge in [0.2, 0.25) is 0 Å². The lowest BCUT2D eigenvalue weighted by atomic mass is 10.1. The molecule has 0 saturated heterocycles. The Bertz CT molecular complexity index is 968. The van der Waals surface area contributed by atoms with Gasteiger partial charge in [-0.15, -0.1) is 5.10 Å². The van der Waals surface area contributed by atoms with Crippen molar-refractivity contribution >= 4 is 11.7 Å². The second-order valence-corrected chi connectivity index (χ2v) is 5.28. The standard InChI is InChI=1S/C18H16N4O3/c1-12-9-11-22(13-6-3-4-7-14(13)25-2)18(24)16(12)17(23)20-15-8-5-10-19-21-15/h3-11H,1-2H3,(H,20,21,23). The first-order valence-corrected chi connectivity index (χ1v) is 7.56. The van der Waals surface area contributed by atoms with Crippen LogP contribution in [0.3, 0.4) is 0 Å². The maximum atomic E-state index is 12.9. The summed E-state index contributed by atoms with van der Waals surface area (Å²) < 4.78 is 6.69. The van der Waals surface area contributed by atoms with E-state index in [-0.39, 0.29) is 11.4 Å². The largest absolute Gasteiger partial charge is 0.495 e. The molecule has 0 fully saturated rings. The molecule has 3 aromatic rings. The van der Waals surface area contributed by atoms with E-state index in [1.165, 1.54) is 17.9 Å². The topological polar surface area (TPSA) is 86.1 Å². The van der Waals surface area contributed by atoms with E-state index in [9.17, 15) is 9.59 Å². The third-order valence-electron chi connectivity index (χ3n) is 3.69. The number of benzene rings is 1. The van der Waals surface area contributed by atoms with E-state index < -0.39 is 11.5 Å². The lowest BCUT2D eigenvalue weighted by Crippen LogP contribution is -2.29. The Kier molecular flexibility index (Phi) is 4.56. The Morgan fingerprint density at radius 3 is 2.68 bits per heavy atom. The van der Waals surface area contributed by atoms with Crippen molar-refractivity contribution in [1.82, 2.24) is 14.8 Å². The lowest BCUT2D eigenvalue weighted by molar-refractivity contribution is 0.102. The van der Waals surface area contributed by atoms with Crippen LogP contribution in [0.5, 0.6) is 5.75 Å². The van der Waals surface area contributed by atoms with Crippen molar-refractivity contribution in [2.45, 2.75) is 6.92 Å². The molecule has 7 heteroatoms. The molecule has 0 aliphatic heterocycles. The highest BCUT2D eigenvalue weighted by Crippen LogP contribution is 2.21. The average Bonchev–Trinajstić information content (AvgIpc) is 2.63. The highest BCUT2D eigenvalue weighted by Gasteiger charge is 2.18. The zero-order valence-electron chi connectivity index (χ0n) is 13.8. The van der Waals surface area contributed by atoms with E-state index >= 15 is 0 Å². The highest BCUT2D eigenvalue weighted by atomic mass is 16.5. The van der Waals surface area contributed by atoms with Crippen molar-refractivity contribution in [2.75, 3.05) is 12.4 Å². The van der Waals surface area contributed by atoms with Gasteiger partial charge in [0.25, 0.3) is 11.5 Å². The normalized spacial score (nSPS) is 10.3. The van der Waals surface area contributed by atoms with Gasteiger partial charge in [-0.25, -0.2) is 0 Å². The summed E-state index contributed by atoms with van der Waals surface area (Å²) in [7, 11) is 1.53. The number of ether oxygens (including phenoxy) is 1. The predicted molar refractivity (Wildman–Crippen MR) is 93.3 cm³/mol. The number of para-hydroxylation sites is 2. The Morgan fingerprint density at radius 2 is 1.96 bits per heavy atom. The summed E-state index contributed by atoms with van der Waals surface area (Å²) in [4.78, 5) is 25.5. The molecule has 7 nitrogen and oxygen atoms in total. The second-order valence-electron chi connectivity index (χ2n) is 5.28. The molecule has 0 aliphatic carbocycles. The number of aryl methyl sites for hydroxylation is 1. The molecule has 0 radical (unpaired) electrons. The molecule has 0 spiro atoms. The molecule has 2 heterocycles. The van der Waals surface area contributed by atoms with Crippen LogP contribution in [0.15, 0.2) is 59.7 Å². The number of rotatable bonds is 4. The number of amides is 1. The number of anilines is 1. The van der Waals surface area contributed by atoms with E-state index in [4.69, 9.17) is 4.74 Å². The lowest BCUT2D eigenvalue weighted by Gasteiger charge is -2.13. The Hall–Kier alpha value is -3.48. The molecule has 0 saturated carbocycles. The molecule has 0 aliphatic rings. The molecule has 25 heavy (non-hydrogen) atoms. The molecular formula is C18H16N4O3. The summed E-state index contributed by atoms with van der Waals surface area (Å²) in [5.74, 6) is 0.278. The first kappa shape index (κ1) is 16.4. The monoisotopic (exact) mass is 336 g/mol. The zero-order valence-corrected chi connectivity index (χ0v) is 13.8. The van der Waals surface area contributed by atoms with Crippen LogP contribution in [0.2, 0.25) is 0 Å². The van der Waals surface area contributed by atoms with Gasteiger partial charge in [0.15, 0.2) is 5.82 Å². The number of carbonyl (C=O) groups excluding carboxylic acids is 1. The summed E-state index contributed by atoms with van der Waals surface area (Å²) in [6, 6.07) is 12.1. The minimum absolute atomic E-state index is 0.0408. The molecule has 1 amide bonds. The van der Waals surface area contributed by atoms with Crippen LogP contribution in [-0.2, 0) is 0 Å². The van der Waals surface area contributed by atoms with Crippen LogP contribution in [0, 0.1) is 6.92 Å². The van der Waals surface area contributed by atoms with Crippen LogP contribution in [0.4, 0.5) is 5.82 Å². The average molecular weight is 336 g/mol. The Balaban J connectivity index is 2.06. The number of methoxy groups -OCH3 is 1. The molecule has 3 rings (SSSR count). The zero-order chi connectivity index (χ0) is 17.8. The molecule has 0 bridgehead atoms. The molecule has 126 valence electrons. The predicted octanol–water partition coefficient (Wildman–Crippen LogP) is 2.20. The number of hydrogen-bond donors (Lipinski definition) is 1. The Morgan fingerprint density at radius 1 is 1.16 bits per heavy atom. The van der Waals surface area contributed by atoms with Crippen molar-refractivity contribution in [1.29, 1.82) is 0 Å².